The summed E-state index contributed by atoms with van der Waals surface area (Å²) in [6.07, 6.45) is 6.87. The van der Waals surface area contributed by atoms with Gasteiger partial charge in [-0.05, 0) is 46.5 Å². The highest BCUT2D eigenvalue weighted by atomic mass is 16.6. The van der Waals surface area contributed by atoms with Gasteiger partial charge < -0.3 is 15.4 Å². The van der Waals surface area contributed by atoms with Gasteiger partial charge in [0.05, 0.1) is 6.67 Å². The van der Waals surface area contributed by atoms with E-state index in [4.69, 9.17) is 4.74 Å². The number of nitrogens with one attached hydrogen (secondary N) is 2. The number of nitrogens with zero attached hydrogens (tertiary/aromatic N) is 2. The molecule has 2 N–H and O–H groups in total. The van der Waals surface area contributed by atoms with E-state index in [-0.39, 0.29) is 18.0 Å². The van der Waals surface area contributed by atoms with Crippen molar-refractivity contribution in [2.24, 2.45) is 0 Å². The molecular weight excluding hydrogens is 360 g/mol. The van der Waals surface area contributed by atoms with Crippen molar-refractivity contribution in [1.82, 2.24) is 20.4 Å². The van der Waals surface area contributed by atoms with Crippen molar-refractivity contribution in [2.45, 2.75) is 89.3 Å². The van der Waals surface area contributed by atoms with Crippen molar-refractivity contribution in [2.75, 3.05) is 19.8 Å². The minimum absolute atomic E-state index is 0.0578. The molecule has 1 aliphatic carbocycles. The van der Waals surface area contributed by atoms with Crippen molar-refractivity contribution >= 4 is 18.0 Å². The molecule has 3 rings (SSSR count). The van der Waals surface area contributed by atoms with Gasteiger partial charge in [0.2, 0.25) is 0 Å². The number of hydrogen-bond donors (Lipinski definition) is 2. The second kappa shape index (κ2) is 8.27. The fraction of sp³-hybridized carbons (Fsp3) is 0.850. The van der Waals surface area contributed by atoms with Gasteiger partial charge >= 0.3 is 12.1 Å². The zero-order valence-electron chi connectivity index (χ0n) is 17.4. The fourth-order valence-corrected chi connectivity index (χ4v) is 4.37. The Morgan fingerprint density at radius 1 is 1.14 bits per heavy atom. The van der Waals surface area contributed by atoms with Gasteiger partial charge in [0.15, 0.2) is 0 Å². The number of amides is 4. The number of likely N-dealkylation sites (tertiary alicyclic amines) is 1. The quantitative estimate of drug-likeness (QED) is 0.718. The van der Waals surface area contributed by atoms with E-state index >= 15 is 0 Å². The van der Waals surface area contributed by atoms with Gasteiger partial charge in [0.1, 0.15) is 11.1 Å². The van der Waals surface area contributed by atoms with Crippen molar-refractivity contribution in [1.29, 1.82) is 0 Å². The van der Waals surface area contributed by atoms with E-state index in [9.17, 15) is 14.4 Å². The molecule has 1 spiro atoms. The summed E-state index contributed by atoms with van der Waals surface area (Å²) in [5.74, 6) is -0.0617. The van der Waals surface area contributed by atoms with Crippen molar-refractivity contribution in [3.05, 3.63) is 0 Å². The number of ether oxygens (including phenoxy) is 1. The third-order valence-electron chi connectivity index (χ3n) is 5.85. The molecule has 158 valence electrons. The third-order valence-corrected chi connectivity index (χ3v) is 5.85. The Bertz CT molecular complexity index is 600. The summed E-state index contributed by atoms with van der Waals surface area (Å²) in [5, 5.41) is 5.91. The summed E-state index contributed by atoms with van der Waals surface area (Å²) in [6.45, 7) is 7.30. The predicted molar refractivity (Wildman–Crippen MR) is 105 cm³/mol. The Morgan fingerprint density at radius 3 is 2.32 bits per heavy atom. The lowest BCUT2D eigenvalue weighted by Gasteiger charge is -2.34. The van der Waals surface area contributed by atoms with Crippen LogP contribution in [-0.2, 0) is 9.53 Å². The fourth-order valence-electron chi connectivity index (χ4n) is 4.37. The van der Waals surface area contributed by atoms with Crippen LogP contribution >= 0.6 is 0 Å². The lowest BCUT2D eigenvalue weighted by Crippen LogP contribution is -2.50. The van der Waals surface area contributed by atoms with Gasteiger partial charge in [-0.1, -0.05) is 25.7 Å². The summed E-state index contributed by atoms with van der Waals surface area (Å²) >= 11 is 0. The van der Waals surface area contributed by atoms with Crippen LogP contribution in [0.15, 0.2) is 0 Å². The first kappa shape index (κ1) is 20.9. The Morgan fingerprint density at radius 2 is 1.75 bits per heavy atom. The van der Waals surface area contributed by atoms with Gasteiger partial charge in [-0.2, -0.15) is 0 Å². The summed E-state index contributed by atoms with van der Waals surface area (Å²) < 4.78 is 5.31. The SMILES string of the molecule is CC(C)(C)OC(=O)NC1CCN(CN2C(=O)NC3(CCCCCC3)C2=O)CC1. The van der Waals surface area contributed by atoms with E-state index in [1.165, 1.54) is 4.90 Å². The second-order valence-electron chi connectivity index (χ2n) is 9.34. The van der Waals surface area contributed by atoms with Crippen LogP contribution in [-0.4, -0.2) is 64.8 Å². The summed E-state index contributed by atoms with van der Waals surface area (Å²) in [4.78, 5) is 40.9. The van der Waals surface area contributed by atoms with E-state index in [0.29, 0.717) is 6.67 Å². The highest BCUT2D eigenvalue weighted by Crippen LogP contribution is 2.33. The Balaban J connectivity index is 1.49. The number of carbonyl (C=O) groups is 3. The number of hydrogen-bond acceptors (Lipinski definition) is 5. The smallest absolute Gasteiger partial charge is 0.407 e. The van der Waals surface area contributed by atoms with Crippen LogP contribution in [0.2, 0.25) is 0 Å². The second-order valence-corrected chi connectivity index (χ2v) is 9.34. The molecule has 0 unspecified atom stereocenters. The van der Waals surface area contributed by atoms with Crippen LogP contribution in [0.1, 0.15) is 72.1 Å². The molecule has 3 fully saturated rings. The standard InChI is InChI=1S/C20H34N4O4/c1-19(2,3)28-18(27)21-15-8-12-23(13-9-15)14-24-16(25)20(22-17(24)26)10-6-4-5-7-11-20/h15H,4-14H2,1-3H3,(H,21,27)(H,22,26). The maximum absolute atomic E-state index is 13.0. The van der Waals surface area contributed by atoms with Gasteiger partial charge in [-0.3, -0.25) is 9.69 Å². The molecule has 28 heavy (non-hydrogen) atoms. The maximum Gasteiger partial charge on any atom is 0.407 e. The van der Waals surface area contributed by atoms with Crippen LogP contribution in [0.4, 0.5) is 9.59 Å². The summed E-state index contributed by atoms with van der Waals surface area (Å²) in [5.41, 5.74) is -1.19. The molecule has 2 saturated heterocycles. The zero-order valence-corrected chi connectivity index (χ0v) is 17.4. The molecule has 8 heteroatoms. The highest BCUT2D eigenvalue weighted by Gasteiger charge is 2.51. The highest BCUT2D eigenvalue weighted by molar-refractivity contribution is 6.07. The molecule has 8 nitrogen and oxygen atoms in total. The molecule has 0 aromatic rings. The van der Waals surface area contributed by atoms with Gasteiger partial charge in [-0.15, -0.1) is 0 Å². The number of imide groups is 1. The first-order valence-corrected chi connectivity index (χ1v) is 10.5. The molecule has 0 atom stereocenters. The molecule has 0 bridgehead atoms. The third kappa shape index (κ3) is 4.96. The lowest BCUT2D eigenvalue weighted by molar-refractivity contribution is -0.133. The topological polar surface area (TPSA) is 91.0 Å². The lowest BCUT2D eigenvalue weighted by atomic mass is 9.90. The van der Waals surface area contributed by atoms with E-state index in [2.05, 4.69) is 15.5 Å². The zero-order chi connectivity index (χ0) is 20.4. The van der Waals surface area contributed by atoms with Crippen LogP contribution in [0.25, 0.3) is 0 Å². The first-order chi connectivity index (χ1) is 13.2. The Kier molecular flexibility index (Phi) is 6.17. The van der Waals surface area contributed by atoms with E-state index in [0.717, 1.165) is 64.5 Å². The molecule has 4 amide bonds. The number of carbonyl (C=O) groups excluding carboxylic acids is 3. The van der Waals surface area contributed by atoms with Crippen LogP contribution in [0.5, 0.6) is 0 Å². The Labute approximate surface area is 167 Å². The van der Waals surface area contributed by atoms with Crippen molar-refractivity contribution in [3.63, 3.8) is 0 Å². The average Bonchev–Trinajstić information content (AvgIpc) is 2.77. The molecule has 0 radical (unpaired) electrons. The summed E-state index contributed by atoms with van der Waals surface area (Å²) in [6, 6.07) is -0.205. The summed E-state index contributed by atoms with van der Waals surface area (Å²) in [7, 11) is 0. The first-order valence-electron chi connectivity index (χ1n) is 10.5. The van der Waals surface area contributed by atoms with Crippen molar-refractivity contribution in [3.8, 4) is 0 Å². The molecule has 0 aromatic carbocycles. The number of alkyl carbamates (subject to hydrolysis) is 1. The van der Waals surface area contributed by atoms with Crippen molar-refractivity contribution < 1.29 is 19.1 Å². The predicted octanol–water partition coefficient (Wildman–Crippen LogP) is 2.58. The molecule has 3 aliphatic rings. The van der Waals surface area contributed by atoms with Gasteiger partial charge in [0, 0.05) is 19.1 Å². The number of urea groups is 1. The Hall–Kier alpha value is -1.83. The average molecular weight is 395 g/mol. The van der Waals surface area contributed by atoms with Crippen LogP contribution in [0, 0.1) is 0 Å². The minimum Gasteiger partial charge on any atom is -0.444 e. The molecule has 1 saturated carbocycles. The van der Waals surface area contributed by atoms with Crippen LogP contribution < -0.4 is 10.6 Å². The maximum atomic E-state index is 13.0. The van der Waals surface area contributed by atoms with Crippen LogP contribution in [0.3, 0.4) is 0 Å². The van der Waals surface area contributed by atoms with Gasteiger partial charge in [0.25, 0.3) is 5.91 Å². The molecule has 0 aromatic heterocycles. The van der Waals surface area contributed by atoms with E-state index in [1.807, 2.05) is 20.8 Å². The molecule has 2 heterocycles. The normalized spacial score (nSPS) is 24.2. The number of rotatable bonds is 3. The van der Waals surface area contributed by atoms with E-state index < -0.39 is 17.2 Å². The number of piperidine rings is 1. The molecule has 2 aliphatic heterocycles. The largest absolute Gasteiger partial charge is 0.444 e. The molecular formula is C20H34N4O4. The van der Waals surface area contributed by atoms with Gasteiger partial charge in [-0.25, -0.2) is 14.5 Å². The van der Waals surface area contributed by atoms with E-state index in [1.54, 1.807) is 0 Å². The minimum atomic E-state index is -0.676. The monoisotopic (exact) mass is 394 g/mol.